The second-order valence-electron chi connectivity index (χ2n) is 6.17. The van der Waals surface area contributed by atoms with E-state index in [2.05, 4.69) is 30.5 Å². The maximum Gasteiger partial charge on any atom is 0.356 e. The molecule has 0 aliphatic heterocycles. The van der Waals surface area contributed by atoms with Gasteiger partial charge in [-0.15, -0.1) is 0 Å². The summed E-state index contributed by atoms with van der Waals surface area (Å²) in [6.07, 6.45) is 0. The first-order valence-electron chi connectivity index (χ1n) is 8.88. The molecule has 0 aliphatic rings. The predicted octanol–water partition coefficient (Wildman–Crippen LogP) is 3.60. The summed E-state index contributed by atoms with van der Waals surface area (Å²) < 4.78 is 5.28. The lowest BCUT2D eigenvalue weighted by atomic mass is 10.1. The molecule has 0 spiro atoms. The second kappa shape index (κ2) is 8.58. The SMILES string of the molecule is Nc1nc(COC(=O)c2cc(-c3ccccc3)n[nH]2)nc(Nc2ccc(Cl)cc2)n1. The van der Waals surface area contributed by atoms with Gasteiger partial charge in [-0.1, -0.05) is 41.9 Å². The highest BCUT2D eigenvalue weighted by Gasteiger charge is 2.14. The molecule has 30 heavy (non-hydrogen) atoms. The van der Waals surface area contributed by atoms with Crippen molar-refractivity contribution in [1.82, 2.24) is 25.1 Å². The lowest BCUT2D eigenvalue weighted by Gasteiger charge is -2.08. The van der Waals surface area contributed by atoms with E-state index in [9.17, 15) is 4.79 Å². The fourth-order valence-corrected chi connectivity index (χ4v) is 2.74. The number of H-pyrrole nitrogens is 1. The van der Waals surface area contributed by atoms with Gasteiger partial charge in [0, 0.05) is 16.3 Å². The van der Waals surface area contributed by atoms with Gasteiger partial charge < -0.3 is 15.8 Å². The van der Waals surface area contributed by atoms with E-state index in [1.54, 1.807) is 30.3 Å². The van der Waals surface area contributed by atoms with Crippen molar-refractivity contribution in [3.8, 4) is 11.3 Å². The van der Waals surface area contributed by atoms with Crippen molar-refractivity contribution in [2.75, 3.05) is 11.1 Å². The van der Waals surface area contributed by atoms with Crippen LogP contribution in [-0.2, 0) is 11.3 Å². The van der Waals surface area contributed by atoms with Crippen LogP contribution in [0.4, 0.5) is 17.6 Å². The summed E-state index contributed by atoms with van der Waals surface area (Å²) in [6, 6.07) is 18.1. The van der Waals surface area contributed by atoms with E-state index in [1.807, 2.05) is 30.3 Å². The summed E-state index contributed by atoms with van der Waals surface area (Å²) >= 11 is 5.88. The Kier molecular flexibility index (Phi) is 5.53. The van der Waals surface area contributed by atoms with Crippen LogP contribution in [0.15, 0.2) is 60.7 Å². The average Bonchev–Trinajstić information content (AvgIpc) is 3.24. The molecule has 4 N–H and O–H groups in total. The van der Waals surface area contributed by atoms with Crippen molar-refractivity contribution in [2.24, 2.45) is 0 Å². The van der Waals surface area contributed by atoms with E-state index in [1.165, 1.54) is 0 Å². The fraction of sp³-hybridized carbons (Fsp3) is 0.0500. The minimum atomic E-state index is -0.587. The Hall–Kier alpha value is -3.98. The number of nitrogens with one attached hydrogen (secondary N) is 2. The Balaban J connectivity index is 1.42. The number of hydrogen-bond donors (Lipinski definition) is 3. The molecule has 0 amide bonds. The van der Waals surface area contributed by atoms with Gasteiger partial charge in [0.2, 0.25) is 11.9 Å². The number of nitrogens with zero attached hydrogens (tertiary/aromatic N) is 4. The van der Waals surface area contributed by atoms with Crippen molar-refractivity contribution in [2.45, 2.75) is 6.61 Å². The molecule has 0 saturated carbocycles. The Bertz CT molecular complexity index is 1160. The molecule has 0 aliphatic carbocycles. The lowest BCUT2D eigenvalue weighted by Crippen LogP contribution is -2.11. The number of hydrogen-bond acceptors (Lipinski definition) is 8. The van der Waals surface area contributed by atoms with Crippen LogP contribution in [0.25, 0.3) is 11.3 Å². The monoisotopic (exact) mass is 421 g/mol. The number of aromatic nitrogens is 5. The Labute approximate surface area is 176 Å². The number of aromatic amines is 1. The summed E-state index contributed by atoms with van der Waals surface area (Å²) in [6.45, 7) is -0.180. The number of nitrogens with two attached hydrogens (primary N) is 1. The molecule has 2 aromatic carbocycles. The molecule has 10 heteroatoms. The van der Waals surface area contributed by atoms with Gasteiger partial charge in [-0.05, 0) is 30.3 Å². The summed E-state index contributed by atoms with van der Waals surface area (Å²) in [5.41, 5.74) is 8.21. The third-order valence-corrected chi connectivity index (χ3v) is 4.25. The molecule has 0 atom stereocenters. The molecule has 2 heterocycles. The minimum Gasteiger partial charge on any atom is -0.453 e. The van der Waals surface area contributed by atoms with E-state index < -0.39 is 5.97 Å². The van der Waals surface area contributed by atoms with E-state index >= 15 is 0 Å². The quantitative estimate of drug-likeness (QED) is 0.402. The highest BCUT2D eigenvalue weighted by molar-refractivity contribution is 6.30. The number of ether oxygens (including phenoxy) is 1. The molecule has 4 aromatic rings. The van der Waals surface area contributed by atoms with Gasteiger partial charge in [0.1, 0.15) is 5.69 Å². The molecule has 0 saturated heterocycles. The molecule has 0 radical (unpaired) electrons. The van der Waals surface area contributed by atoms with Crippen LogP contribution in [0.5, 0.6) is 0 Å². The first kappa shape index (κ1) is 19.3. The van der Waals surface area contributed by atoms with Crippen LogP contribution >= 0.6 is 11.6 Å². The van der Waals surface area contributed by atoms with Crippen LogP contribution < -0.4 is 11.1 Å². The average molecular weight is 422 g/mol. The van der Waals surface area contributed by atoms with Gasteiger partial charge in [-0.25, -0.2) is 4.79 Å². The van der Waals surface area contributed by atoms with Crippen LogP contribution in [0, 0.1) is 0 Å². The number of nitrogen functional groups attached to an aromatic ring is 1. The fourth-order valence-electron chi connectivity index (χ4n) is 2.61. The summed E-state index contributed by atoms with van der Waals surface area (Å²) in [5, 5.41) is 10.4. The van der Waals surface area contributed by atoms with Crippen molar-refractivity contribution >= 4 is 35.2 Å². The largest absolute Gasteiger partial charge is 0.453 e. The number of rotatable bonds is 6. The second-order valence-corrected chi connectivity index (χ2v) is 6.61. The Morgan fingerprint density at radius 2 is 1.83 bits per heavy atom. The predicted molar refractivity (Wildman–Crippen MR) is 112 cm³/mol. The number of carbonyl (C=O) groups is 1. The van der Waals surface area contributed by atoms with Gasteiger partial charge in [-0.3, -0.25) is 5.10 Å². The molecule has 150 valence electrons. The molecule has 4 rings (SSSR count). The highest BCUT2D eigenvalue weighted by Crippen LogP contribution is 2.19. The van der Waals surface area contributed by atoms with Gasteiger partial charge in [0.15, 0.2) is 12.4 Å². The zero-order valence-corrected chi connectivity index (χ0v) is 16.3. The maximum absolute atomic E-state index is 12.3. The zero-order valence-electron chi connectivity index (χ0n) is 15.5. The van der Waals surface area contributed by atoms with Crippen LogP contribution in [-0.4, -0.2) is 31.1 Å². The van der Waals surface area contributed by atoms with Gasteiger partial charge in [0.05, 0.1) is 5.69 Å². The van der Waals surface area contributed by atoms with E-state index in [4.69, 9.17) is 22.1 Å². The van der Waals surface area contributed by atoms with E-state index in [0.717, 1.165) is 11.3 Å². The summed E-state index contributed by atoms with van der Waals surface area (Å²) in [4.78, 5) is 24.6. The topological polar surface area (TPSA) is 132 Å². The summed E-state index contributed by atoms with van der Waals surface area (Å²) in [5.74, 6) is -0.157. The van der Waals surface area contributed by atoms with E-state index in [0.29, 0.717) is 10.7 Å². The van der Waals surface area contributed by atoms with Crippen LogP contribution in [0.1, 0.15) is 16.3 Å². The number of benzene rings is 2. The molecule has 2 aromatic heterocycles. The van der Waals surface area contributed by atoms with Crippen molar-refractivity contribution in [1.29, 1.82) is 0 Å². The van der Waals surface area contributed by atoms with Crippen molar-refractivity contribution in [3.05, 3.63) is 77.2 Å². The van der Waals surface area contributed by atoms with Crippen molar-refractivity contribution < 1.29 is 9.53 Å². The molecule has 0 fully saturated rings. The first-order chi connectivity index (χ1) is 14.6. The first-order valence-corrected chi connectivity index (χ1v) is 9.25. The molecule has 0 unspecified atom stereocenters. The number of carbonyl (C=O) groups excluding carboxylic acids is 1. The van der Waals surface area contributed by atoms with Gasteiger partial charge in [-0.2, -0.15) is 20.1 Å². The normalized spacial score (nSPS) is 10.6. The van der Waals surface area contributed by atoms with Crippen LogP contribution in [0.3, 0.4) is 0 Å². The molecular weight excluding hydrogens is 406 g/mol. The number of halogens is 1. The number of anilines is 3. The van der Waals surface area contributed by atoms with Crippen molar-refractivity contribution in [3.63, 3.8) is 0 Å². The van der Waals surface area contributed by atoms with Crippen LogP contribution in [0.2, 0.25) is 5.02 Å². The smallest absolute Gasteiger partial charge is 0.356 e. The van der Waals surface area contributed by atoms with Gasteiger partial charge in [0.25, 0.3) is 0 Å². The van der Waals surface area contributed by atoms with E-state index in [-0.39, 0.29) is 30.0 Å². The third-order valence-electron chi connectivity index (χ3n) is 4.00. The standard InChI is InChI=1S/C20H16ClN7O2/c21-13-6-8-14(9-7-13)23-20-25-17(24-19(22)26-20)11-30-18(29)16-10-15(27-28-16)12-4-2-1-3-5-12/h1-10H,11H2,(H,27,28)(H3,22,23,24,25,26). The Morgan fingerprint density at radius 3 is 2.60 bits per heavy atom. The Morgan fingerprint density at radius 1 is 1.07 bits per heavy atom. The molecule has 0 bridgehead atoms. The molecule has 9 nitrogen and oxygen atoms in total. The minimum absolute atomic E-state index is 0.000386. The lowest BCUT2D eigenvalue weighted by molar-refractivity contribution is 0.0455. The maximum atomic E-state index is 12.3. The highest BCUT2D eigenvalue weighted by atomic mass is 35.5. The third kappa shape index (κ3) is 4.70. The number of esters is 1. The van der Waals surface area contributed by atoms with Gasteiger partial charge >= 0.3 is 5.97 Å². The summed E-state index contributed by atoms with van der Waals surface area (Å²) in [7, 11) is 0. The molecular formula is C20H16ClN7O2. The zero-order chi connectivity index (χ0) is 20.9.